The summed E-state index contributed by atoms with van der Waals surface area (Å²) in [5.41, 5.74) is 6.77. The Hall–Kier alpha value is -1.09. The molecule has 2 heterocycles. The molecule has 0 aromatic carbocycles. The number of nitrogens with zero attached hydrogens (tertiary/aromatic N) is 2. The molecule has 76 valence electrons. The third-order valence-corrected chi connectivity index (χ3v) is 2.89. The first-order chi connectivity index (χ1) is 6.81. The van der Waals surface area contributed by atoms with Gasteiger partial charge in [-0.1, -0.05) is 0 Å². The van der Waals surface area contributed by atoms with Gasteiger partial charge in [-0.15, -0.1) is 0 Å². The van der Waals surface area contributed by atoms with Crippen LogP contribution in [0.25, 0.3) is 0 Å². The van der Waals surface area contributed by atoms with Crippen molar-refractivity contribution in [3.8, 4) is 0 Å². The fourth-order valence-electron chi connectivity index (χ4n) is 2.02. The maximum atomic E-state index is 5.61. The molecule has 1 aliphatic rings. The second-order valence-electron chi connectivity index (χ2n) is 3.91. The zero-order chi connectivity index (χ0) is 9.97. The van der Waals surface area contributed by atoms with E-state index in [1.165, 1.54) is 12.8 Å². The number of anilines is 1. The molecule has 0 bridgehead atoms. The third kappa shape index (κ3) is 1.73. The maximum absolute atomic E-state index is 5.61. The molecule has 2 rings (SSSR count). The first-order valence-electron chi connectivity index (χ1n) is 5.23. The van der Waals surface area contributed by atoms with Crippen LogP contribution >= 0.6 is 0 Å². The highest BCUT2D eigenvalue weighted by Gasteiger charge is 2.21. The highest BCUT2D eigenvalue weighted by atomic mass is 15.2. The Labute approximate surface area is 84.9 Å². The van der Waals surface area contributed by atoms with Gasteiger partial charge < -0.3 is 10.6 Å². The molecule has 0 saturated carbocycles. The molecule has 2 N–H and O–H groups in total. The van der Waals surface area contributed by atoms with Crippen LogP contribution in [0.2, 0.25) is 0 Å². The molecule has 0 aliphatic carbocycles. The molecule has 1 atom stereocenters. The summed E-state index contributed by atoms with van der Waals surface area (Å²) in [6, 6.07) is 4.70. The van der Waals surface area contributed by atoms with E-state index in [4.69, 9.17) is 5.73 Å². The van der Waals surface area contributed by atoms with Crippen LogP contribution in [0.1, 0.15) is 25.3 Å². The van der Waals surface area contributed by atoms with Crippen LogP contribution < -0.4 is 10.6 Å². The van der Waals surface area contributed by atoms with Gasteiger partial charge in [0.2, 0.25) is 0 Å². The quantitative estimate of drug-likeness (QED) is 0.770. The zero-order valence-corrected chi connectivity index (χ0v) is 8.61. The fraction of sp³-hybridized carbons (Fsp3) is 0.545. The number of hydrogen-bond acceptors (Lipinski definition) is 3. The van der Waals surface area contributed by atoms with E-state index in [1.54, 1.807) is 0 Å². The van der Waals surface area contributed by atoms with Gasteiger partial charge in [0.05, 0.1) is 0 Å². The third-order valence-electron chi connectivity index (χ3n) is 2.89. The first-order valence-corrected chi connectivity index (χ1v) is 5.23. The summed E-state index contributed by atoms with van der Waals surface area (Å²) in [6.45, 7) is 3.98. The van der Waals surface area contributed by atoms with Crippen molar-refractivity contribution in [2.45, 2.75) is 32.4 Å². The van der Waals surface area contributed by atoms with Crippen molar-refractivity contribution in [2.75, 3.05) is 11.4 Å². The molecule has 3 nitrogen and oxygen atoms in total. The molecule has 3 heteroatoms. The summed E-state index contributed by atoms with van der Waals surface area (Å²) in [7, 11) is 0. The van der Waals surface area contributed by atoms with Crippen LogP contribution in [0.4, 0.5) is 5.82 Å². The van der Waals surface area contributed by atoms with Gasteiger partial charge >= 0.3 is 0 Å². The second-order valence-corrected chi connectivity index (χ2v) is 3.91. The fourth-order valence-corrected chi connectivity index (χ4v) is 2.02. The van der Waals surface area contributed by atoms with Gasteiger partial charge in [-0.05, 0) is 37.5 Å². The van der Waals surface area contributed by atoms with Crippen molar-refractivity contribution in [1.29, 1.82) is 0 Å². The van der Waals surface area contributed by atoms with Gasteiger partial charge in [-0.2, -0.15) is 0 Å². The topological polar surface area (TPSA) is 42.1 Å². The Kier molecular flexibility index (Phi) is 2.68. The van der Waals surface area contributed by atoms with Gasteiger partial charge in [-0.3, -0.25) is 0 Å². The van der Waals surface area contributed by atoms with E-state index in [0.29, 0.717) is 12.6 Å². The summed E-state index contributed by atoms with van der Waals surface area (Å²) in [5, 5.41) is 0. The number of rotatable bonds is 2. The first kappa shape index (κ1) is 9.46. The van der Waals surface area contributed by atoms with Crippen molar-refractivity contribution in [2.24, 2.45) is 5.73 Å². The van der Waals surface area contributed by atoms with E-state index >= 15 is 0 Å². The van der Waals surface area contributed by atoms with E-state index in [1.807, 2.05) is 12.3 Å². The Balaban J connectivity index is 2.22. The average Bonchev–Trinajstić information content (AvgIpc) is 2.65. The summed E-state index contributed by atoms with van der Waals surface area (Å²) >= 11 is 0. The molecule has 0 amide bonds. The minimum absolute atomic E-state index is 0.595. The number of pyridine rings is 1. The minimum atomic E-state index is 0.595. The van der Waals surface area contributed by atoms with Gasteiger partial charge in [0.1, 0.15) is 5.82 Å². The van der Waals surface area contributed by atoms with Gasteiger partial charge in [0.25, 0.3) is 0 Å². The predicted octanol–water partition coefficient (Wildman–Crippen LogP) is 1.53. The Morgan fingerprint density at radius 3 is 3.14 bits per heavy atom. The van der Waals surface area contributed by atoms with Gasteiger partial charge in [0.15, 0.2) is 0 Å². The van der Waals surface area contributed by atoms with Crippen LogP contribution in [0.5, 0.6) is 0 Å². The summed E-state index contributed by atoms with van der Waals surface area (Å²) in [6.07, 6.45) is 4.40. The molecule has 1 aromatic rings. The average molecular weight is 191 g/mol. The molecule has 1 saturated heterocycles. The lowest BCUT2D eigenvalue weighted by molar-refractivity contribution is 0.726. The molecule has 1 unspecified atom stereocenters. The van der Waals surface area contributed by atoms with Gasteiger partial charge in [-0.25, -0.2) is 4.98 Å². The molecule has 1 fully saturated rings. The van der Waals surface area contributed by atoms with Crippen molar-refractivity contribution >= 4 is 5.82 Å². The van der Waals surface area contributed by atoms with E-state index in [9.17, 15) is 0 Å². The SMILES string of the molecule is CC1CCCN1c1cc(CN)ccn1. The largest absolute Gasteiger partial charge is 0.354 e. The minimum Gasteiger partial charge on any atom is -0.354 e. The molecule has 14 heavy (non-hydrogen) atoms. The van der Waals surface area contributed by atoms with E-state index in [0.717, 1.165) is 17.9 Å². The van der Waals surface area contributed by atoms with E-state index in [-0.39, 0.29) is 0 Å². The monoisotopic (exact) mass is 191 g/mol. The highest BCUT2D eigenvalue weighted by molar-refractivity contribution is 5.43. The summed E-state index contributed by atoms with van der Waals surface area (Å²) in [4.78, 5) is 6.75. The normalized spacial score (nSPS) is 21.6. The predicted molar refractivity (Wildman–Crippen MR) is 58.2 cm³/mol. The van der Waals surface area contributed by atoms with Crippen molar-refractivity contribution in [3.63, 3.8) is 0 Å². The van der Waals surface area contributed by atoms with Crippen LogP contribution in [-0.4, -0.2) is 17.6 Å². The van der Waals surface area contributed by atoms with Crippen LogP contribution in [0.3, 0.4) is 0 Å². The van der Waals surface area contributed by atoms with Crippen molar-refractivity contribution in [3.05, 3.63) is 23.9 Å². The lowest BCUT2D eigenvalue weighted by atomic mass is 10.2. The molecular formula is C11H17N3. The van der Waals surface area contributed by atoms with E-state index in [2.05, 4.69) is 22.9 Å². The second kappa shape index (κ2) is 3.96. The van der Waals surface area contributed by atoms with Crippen molar-refractivity contribution < 1.29 is 0 Å². The molecule has 0 spiro atoms. The Morgan fingerprint density at radius 2 is 2.50 bits per heavy atom. The summed E-state index contributed by atoms with van der Waals surface area (Å²) in [5.74, 6) is 1.08. The standard InChI is InChI=1S/C11H17N3/c1-9-3-2-6-14(9)11-7-10(8-12)4-5-13-11/h4-5,7,9H,2-3,6,8,12H2,1H3. The van der Waals surface area contributed by atoms with Gasteiger partial charge in [0, 0.05) is 25.3 Å². The molecule has 1 aliphatic heterocycles. The van der Waals surface area contributed by atoms with Crippen LogP contribution in [-0.2, 0) is 6.54 Å². The molecule has 1 aromatic heterocycles. The number of nitrogens with two attached hydrogens (primary N) is 1. The van der Waals surface area contributed by atoms with E-state index < -0.39 is 0 Å². The number of hydrogen-bond donors (Lipinski definition) is 1. The maximum Gasteiger partial charge on any atom is 0.129 e. The number of aromatic nitrogens is 1. The smallest absolute Gasteiger partial charge is 0.129 e. The zero-order valence-electron chi connectivity index (χ0n) is 8.61. The Bertz CT molecular complexity index is 311. The van der Waals surface area contributed by atoms with Crippen molar-refractivity contribution in [1.82, 2.24) is 4.98 Å². The highest BCUT2D eigenvalue weighted by Crippen LogP contribution is 2.23. The molecule has 0 radical (unpaired) electrons. The van der Waals surface area contributed by atoms with Crippen LogP contribution in [0.15, 0.2) is 18.3 Å². The van der Waals surface area contributed by atoms with Crippen LogP contribution in [0, 0.1) is 0 Å². The lowest BCUT2D eigenvalue weighted by Gasteiger charge is -2.22. The summed E-state index contributed by atoms with van der Waals surface area (Å²) < 4.78 is 0. The molecular weight excluding hydrogens is 174 g/mol. The lowest BCUT2D eigenvalue weighted by Crippen LogP contribution is -2.27. The Morgan fingerprint density at radius 1 is 1.64 bits per heavy atom.